The minimum Gasteiger partial charge on any atom is -0.493 e. The molecular weight excluding hydrogens is 258 g/mol. The maximum atomic E-state index is 6.03. The Morgan fingerprint density at radius 1 is 1.16 bits per heavy atom. The number of hydrogen-bond acceptors (Lipinski definition) is 2. The molecule has 0 aliphatic carbocycles. The van der Waals surface area contributed by atoms with Crippen molar-refractivity contribution in [1.82, 2.24) is 0 Å². The first kappa shape index (κ1) is 12.4. The highest BCUT2D eigenvalue weighted by atomic mass is 35.5. The third kappa shape index (κ3) is 2.54. The summed E-state index contributed by atoms with van der Waals surface area (Å²) in [6.45, 7) is 2.92. The van der Waals surface area contributed by atoms with E-state index in [0.29, 0.717) is 5.92 Å². The molecule has 19 heavy (non-hydrogen) atoms. The van der Waals surface area contributed by atoms with Crippen molar-refractivity contribution in [3.63, 3.8) is 0 Å². The quantitative estimate of drug-likeness (QED) is 0.868. The van der Waals surface area contributed by atoms with Crippen LogP contribution in [0.5, 0.6) is 5.75 Å². The van der Waals surface area contributed by atoms with E-state index in [4.69, 9.17) is 16.3 Å². The monoisotopic (exact) mass is 273 g/mol. The van der Waals surface area contributed by atoms with E-state index in [9.17, 15) is 0 Å². The fourth-order valence-corrected chi connectivity index (χ4v) is 2.66. The van der Waals surface area contributed by atoms with Gasteiger partial charge in [0, 0.05) is 22.2 Å². The average molecular weight is 274 g/mol. The number of hydrogen-bond donors (Lipinski definition) is 1. The van der Waals surface area contributed by atoms with Crippen LogP contribution in [-0.2, 0) is 0 Å². The van der Waals surface area contributed by atoms with Crippen LogP contribution in [0.25, 0.3) is 0 Å². The summed E-state index contributed by atoms with van der Waals surface area (Å²) in [6, 6.07) is 16.3. The van der Waals surface area contributed by atoms with Gasteiger partial charge in [0.2, 0.25) is 0 Å². The molecule has 2 unspecified atom stereocenters. The third-order valence-corrected chi connectivity index (χ3v) is 3.71. The standard InChI is InChI=1S/C16H16ClNO/c1-11-10-19-15-8-3-2-7-14(15)16(11)18-13-6-4-5-12(17)9-13/h2-9,11,16,18H,10H2,1H3. The number of anilines is 1. The molecule has 0 radical (unpaired) electrons. The molecule has 0 aromatic heterocycles. The zero-order chi connectivity index (χ0) is 13.2. The maximum absolute atomic E-state index is 6.03. The second-order valence-electron chi connectivity index (χ2n) is 4.96. The van der Waals surface area contributed by atoms with Gasteiger partial charge in [-0.3, -0.25) is 0 Å². The average Bonchev–Trinajstić information content (AvgIpc) is 2.42. The summed E-state index contributed by atoms with van der Waals surface area (Å²) in [5.41, 5.74) is 2.25. The highest BCUT2D eigenvalue weighted by Crippen LogP contribution is 2.37. The first-order valence-electron chi connectivity index (χ1n) is 6.48. The zero-order valence-corrected chi connectivity index (χ0v) is 11.5. The van der Waals surface area contributed by atoms with Crippen LogP contribution in [0.1, 0.15) is 18.5 Å². The van der Waals surface area contributed by atoms with Crippen LogP contribution >= 0.6 is 11.6 Å². The Labute approximate surface area is 118 Å². The van der Waals surface area contributed by atoms with Crippen molar-refractivity contribution in [2.75, 3.05) is 11.9 Å². The summed E-state index contributed by atoms with van der Waals surface area (Å²) >= 11 is 6.03. The maximum Gasteiger partial charge on any atom is 0.124 e. The molecule has 1 N–H and O–H groups in total. The SMILES string of the molecule is CC1COc2ccccc2C1Nc1cccc(Cl)c1. The van der Waals surface area contributed by atoms with Gasteiger partial charge < -0.3 is 10.1 Å². The molecule has 0 fully saturated rings. The Hall–Kier alpha value is -1.67. The van der Waals surface area contributed by atoms with Crippen molar-refractivity contribution in [3.8, 4) is 5.75 Å². The van der Waals surface area contributed by atoms with Gasteiger partial charge in [0.15, 0.2) is 0 Å². The predicted octanol–water partition coefficient (Wildman–Crippen LogP) is 4.52. The molecule has 0 spiro atoms. The Balaban J connectivity index is 1.91. The lowest BCUT2D eigenvalue weighted by molar-refractivity contribution is 0.214. The first-order valence-corrected chi connectivity index (χ1v) is 6.85. The van der Waals surface area contributed by atoms with Crippen LogP contribution < -0.4 is 10.1 Å². The van der Waals surface area contributed by atoms with Crippen LogP contribution in [0.3, 0.4) is 0 Å². The fraction of sp³-hybridized carbons (Fsp3) is 0.250. The van der Waals surface area contributed by atoms with Gasteiger partial charge in [0.25, 0.3) is 0 Å². The van der Waals surface area contributed by atoms with Crippen molar-refractivity contribution < 1.29 is 4.74 Å². The molecule has 1 aliphatic heterocycles. The number of fused-ring (bicyclic) bond motifs is 1. The Kier molecular flexibility index (Phi) is 3.34. The summed E-state index contributed by atoms with van der Waals surface area (Å²) in [7, 11) is 0. The largest absolute Gasteiger partial charge is 0.493 e. The van der Waals surface area contributed by atoms with E-state index in [1.165, 1.54) is 5.56 Å². The molecule has 0 saturated carbocycles. The number of halogens is 1. The van der Waals surface area contributed by atoms with Crippen molar-refractivity contribution in [2.24, 2.45) is 5.92 Å². The fourth-order valence-electron chi connectivity index (χ4n) is 2.47. The van der Waals surface area contributed by atoms with Crippen LogP contribution in [0.15, 0.2) is 48.5 Å². The summed E-state index contributed by atoms with van der Waals surface area (Å²) in [5, 5.41) is 4.31. The van der Waals surface area contributed by atoms with Crippen LogP contribution in [0, 0.1) is 5.92 Å². The lowest BCUT2D eigenvalue weighted by Crippen LogP contribution is -2.28. The summed E-state index contributed by atoms with van der Waals surface area (Å²) in [6.07, 6.45) is 0. The molecule has 1 heterocycles. The van der Waals surface area contributed by atoms with Crippen molar-refractivity contribution in [3.05, 3.63) is 59.1 Å². The van der Waals surface area contributed by atoms with Gasteiger partial charge in [-0.15, -0.1) is 0 Å². The highest BCUT2D eigenvalue weighted by molar-refractivity contribution is 6.30. The van der Waals surface area contributed by atoms with Gasteiger partial charge in [0.05, 0.1) is 12.6 Å². The number of ether oxygens (including phenoxy) is 1. The molecule has 2 aromatic rings. The summed E-state index contributed by atoms with van der Waals surface area (Å²) in [4.78, 5) is 0. The summed E-state index contributed by atoms with van der Waals surface area (Å²) < 4.78 is 5.76. The van der Waals surface area contributed by atoms with E-state index >= 15 is 0 Å². The second-order valence-corrected chi connectivity index (χ2v) is 5.39. The minimum absolute atomic E-state index is 0.253. The van der Waals surface area contributed by atoms with Crippen molar-refractivity contribution >= 4 is 17.3 Å². The molecular formula is C16H16ClNO. The molecule has 0 bridgehead atoms. The molecule has 2 nitrogen and oxygen atoms in total. The molecule has 3 heteroatoms. The Bertz CT molecular complexity index is 584. The zero-order valence-electron chi connectivity index (χ0n) is 10.8. The minimum atomic E-state index is 0.253. The number of para-hydroxylation sites is 1. The smallest absolute Gasteiger partial charge is 0.124 e. The van der Waals surface area contributed by atoms with Gasteiger partial charge in [-0.1, -0.05) is 42.8 Å². The third-order valence-electron chi connectivity index (χ3n) is 3.47. The van der Waals surface area contributed by atoms with E-state index in [0.717, 1.165) is 23.1 Å². The van der Waals surface area contributed by atoms with Crippen molar-refractivity contribution in [2.45, 2.75) is 13.0 Å². The predicted molar refractivity (Wildman–Crippen MR) is 78.9 cm³/mol. The Morgan fingerprint density at radius 3 is 2.84 bits per heavy atom. The molecule has 0 amide bonds. The van der Waals surface area contributed by atoms with Crippen molar-refractivity contribution in [1.29, 1.82) is 0 Å². The normalized spacial score (nSPS) is 21.4. The highest BCUT2D eigenvalue weighted by Gasteiger charge is 2.27. The molecule has 98 valence electrons. The molecule has 1 aliphatic rings. The molecule has 0 saturated heterocycles. The van der Waals surface area contributed by atoms with E-state index in [2.05, 4.69) is 18.3 Å². The van der Waals surface area contributed by atoms with E-state index in [-0.39, 0.29) is 6.04 Å². The van der Waals surface area contributed by atoms with Gasteiger partial charge in [0.1, 0.15) is 5.75 Å². The van der Waals surface area contributed by atoms with Crippen LogP contribution in [0.4, 0.5) is 5.69 Å². The number of nitrogens with one attached hydrogen (secondary N) is 1. The lowest BCUT2D eigenvalue weighted by Gasteiger charge is -2.32. The molecule has 2 atom stereocenters. The van der Waals surface area contributed by atoms with E-state index in [1.54, 1.807) is 0 Å². The first-order chi connectivity index (χ1) is 9.24. The van der Waals surface area contributed by atoms with Gasteiger partial charge in [-0.2, -0.15) is 0 Å². The van der Waals surface area contributed by atoms with Gasteiger partial charge >= 0.3 is 0 Å². The Morgan fingerprint density at radius 2 is 2.00 bits per heavy atom. The van der Waals surface area contributed by atoms with Gasteiger partial charge in [-0.05, 0) is 24.3 Å². The summed E-state index contributed by atoms with van der Waals surface area (Å²) in [5.74, 6) is 1.38. The second kappa shape index (κ2) is 5.14. The molecule has 3 rings (SSSR count). The van der Waals surface area contributed by atoms with Crippen LogP contribution in [-0.4, -0.2) is 6.61 Å². The van der Waals surface area contributed by atoms with Gasteiger partial charge in [-0.25, -0.2) is 0 Å². The van der Waals surface area contributed by atoms with E-state index in [1.807, 2.05) is 42.5 Å². The molecule has 2 aromatic carbocycles. The number of rotatable bonds is 2. The topological polar surface area (TPSA) is 21.3 Å². The van der Waals surface area contributed by atoms with Crippen LogP contribution in [0.2, 0.25) is 5.02 Å². The van der Waals surface area contributed by atoms with E-state index < -0.39 is 0 Å². The lowest BCUT2D eigenvalue weighted by atomic mass is 9.92. The number of benzene rings is 2.